The second-order valence-corrected chi connectivity index (χ2v) is 5.14. The van der Waals surface area contributed by atoms with Gasteiger partial charge in [0.2, 0.25) is 0 Å². The summed E-state index contributed by atoms with van der Waals surface area (Å²) in [4.78, 5) is 5.50. The Morgan fingerprint density at radius 2 is 2.33 bits per heavy atom. The summed E-state index contributed by atoms with van der Waals surface area (Å²) in [7, 11) is 0. The third-order valence-corrected chi connectivity index (χ3v) is 4.03. The summed E-state index contributed by atoms with van der Waals surface area (Å²) in [5.41, 5.74) is 2.99. The van der Waals surface area contributed by atoms with Crippen LogP contribution in [-0.4, -0.2) is 22.2 Å². The van der Waals surface area contributed by atoms with Crippen LogP contribution >= 0.6 is 11.3 Å². The zero-order valence-corrected chi connectivity index (χ0v) is 9.89. The highest BCUT2D eigenvalue weighted by atomic mass is 32.1. The van der Waals surface area contributed by atoms with Crippen LogP contribution in [-0.2, 0) is 6.54 Å². The maximum Gasteiger partial charge on any atom is 0.0798 e. The van der Waals surface area contributed by atoms with Crippen LogP contribution in [0.3, 0.4) is 0 Å². The number of aliphatic hydroxyl groups excluding tert-OH is 1. The lowest BCUT2D eigenvalue weighted by molar-refractivity contribution is 0.0903. The molecule has 0 aromatic carbocycles. The fourth-order valence-corrected chi connectivity index (χ4v) is 2.80. The molecule has 0 aliphatic heterocycles. The first-order chi connectivity index (χ1) is 7.27. The molecule has 1 aliphatic carbocycles. The van der Waals surface area contributed by atoms with Crippen LogP contribution in [0, 0.1) is 6.92 Å². The van der Waals surface area contributed by atoms with Gasteiger partial charge < -0.3 is 10.4 Å². The summed E-state index contributed by atoms with van der Waals surface area (Å²) < 4.78 is 0. The Hall–Kier alpha value is -0.450. The Morgan fingerprint density at radius 3 is 3.00 bits per heavy atom. The summed E-state index contributed by atoms with van der Waals surface area (Å²) >= 11 is 1.68. The van der Waals surface area contributed by atoms with Crippen LogP contribution in [0.4, 0.5) is 0 Å². The third-order valence-electron chi connectivity index (χ3n) is 3.10. The minimum atomic E-state index is -0.160. The average molecular weight is 226 g/mol. The molecule has 0 radical (unpaired) electrons. The zero-order valence-electron chi connectivity index (χ0n) is 9.07. The maximum absolute atomic E-state index is 9.79. The number of hydrogen-bond donors (Lipinski definition) is 2. The quantitative estimate of drug-likeness (QED) is 0.826. The molecular weight excluding hydrogens is 208 g/mol. The maximum atomic E-state index is 9.79. The number of aryl methyl sites for hydroxylation is 1. The van der Waals surface area contributed by atoms with E-state index in [4.69, 9.17) is 0 Å². The van der Waals surface area contributed by atoms with Gasteiger partial charge in [0.25, 0.3) is 0 Å². The van der Waals surface area contributed by atoms with Crippen LogP contribution < -0.4 is 5.32 Å². The van der Waals surface area contributed by atoms with Crippen molar-refractivity contribution >= 4 is 11.3 Å². The van der Waals surface area contributed by atoms with Crippen molar-refractivity contribution in [3.05, 3.63) is 16.1 Å². The summed E-state index contributed by atoms with van der Waals surface area (Å²) in [5.74, 6) is 0. The van der Waals surface area contributed by atoms with E-state index in [-0.39, 0.29) is 12.1 Å². The van der Waals surface area contributed by atoms with E-state index in [2.05, 4.69) is 10.3 Å². The van der Waals surface area contributed by atoms with Gasteiger partial charge in [0, 0.05) is 17.5 Å². The lowest BCUT2D eigenvalue weighted by Gasteiger charge is -2.28. The Bertz CT molecular complexity index is 313. The fourth-order valence-electron chi connectivity index (χ4n) is 2.07. The van der Waals surface area contributed by atoms with Crippen molar-refractivity contribution in [2.24, 2.45) is 0 Å². The highest BCUT2D eigenvalue weighted by Crippen LogP contribution is 2.19. The van der Waals surface area contributed by atoms with Gasteiger partial charge in [-0.2, -0.15) is 0 Å². The highest BCUT2D eigenvalue weighted by Gasteiger charge is 2.22. The molecule has 2 rings (SSSR count). The van der Waals surface area contributed by atoms with Crippen LogP contribution in [0.5, 0.6) is 0 Å². The summed E-state index contributed by atoms with van der Waals surface area (Å²) in [5, 5.41) is 13.2. The van der Waals surface area contributed by atoms with E-state index in [1.54, 1.807) is 11.3 Å². The Labute approximate surface area is 94.5 Å². The first-order valence-corrected chi connectivity index (χ1v) is 6.46. The predicted octanol–water partition coefficient (Wildman–Crippen LogP) is 1.84. The second kappa shape index (κ2) is 5.05. The third kappa shape index (κ3) is 2.77. The molecule has 1 aromatic rings. The minimum absolute atomic E-state index is 0.160. The van der Waals surface area contributed by atoms with Gasteiger partial charge >= 0.3 is 0 Å². The van der Waals surface area contributed by atoms with Crippen molar-refractivity contribution in [2.45, 2.75) is 51.3 Å². The largest absolute Gasteiger partial charge is 0.392 e. The van der Waals surface area contributed by atoms with Crippen LogP contribution in [0.25, 0.3) is 0 Å². The molecular formula is C11H18N2OS. The Morgan fingerprint density at radius 1 is 1.53 bits per heavy atom. The number of aliphatic hydroxyl groups is 1. The SMILES string of the molecule is Cc1ncsc1CN[C@H]1CCCC[C@@H]1O. The summed E-state index contributed by atoms with van der Waals surface area (Å²) in [6.07, 6.45) is 4.28. The van der Waals surface area contributed by atoms with Crippen molar-refractivity contribution in [1.29, 1.82) is 0 Å². The lowest BCUT2D eigenvalue weighted by Crippen LogP contribution is -2.41. The second-order valence-electron chi connectivity index (χ2n) is 4.20. The molecule has 2 N–H and O–H groups in total. The van der Waals surface area contributed by atoms with Crippen molar-refractivity contribution in [1.82, 2.24) is 10.3 Å². The molecule has 0 saturated heterocycles. The molecule has 1 heterocycles. The molecule has 4 heteroatoms. The van der Waals surface area contributed by atoms with Gasteiger partial charge in [0.1, 0.15) is 0 Å². The molecule has 1 aromatic heterocycles. The molecule has 84 valence electrons. The van der Waals surface area contributed by atoms with Gasteiger partial charge in [0.05, 0.1) is 17.3 Å². The van der Waals surface area contributed by atoms with Gasteiger partial charge in [-0.05, 0) is 19.8 Å². The van der Waals surface area contributed by atoms with E-state index in [0.29, 0.717) is 0 Å². The van der Waals surface area contributed by atoms with Gasteiger partial charge in [-0.15, -0.1) is 11.3 Å². The zero-order chi connectivity index (χ0) is 10.7. The summed E-state index contributed by atoms with van der Waals surface area (Å²) in [6, 6.07) is 0.278. The number of rotatable bonds is 3. The van der Waals surface area contributed by atoms with E-state index in [1.807, 2.05) is 12.4 Å². The predicted molar refractivity (Wildman–Crippen MR) is 62.0 cm³/mol. The molecule has 15 heavy (non-hydrogen) atoms. The average Bonchev–Trinajstić information content (AvgIpc) is 2.63. The standard InChI is InChI=1S/C11H18N2OS/c1-8-11(15-7-13-8)6-12-9-4-2-3-5-10(9)14/h7,9-10,12,14H,2-6H2,1H3/t9-,10-/m0/s1. The van der Waals surface area contributed by atoms with Crippen molar-refractivity contribution in [2.75, 3.05) is 0 Å². The molecule has 3 nitrogen and oxygen atoms in total. The molecule has 2 atom stereocenters. The summed E-state index contributed by atoms with van der Waals surface area (Å²) in [6.45, 7) is 2.88. The van der Waals surface area contributed by atoms with Gasteiger partial charge in [-0.1, -0.05) is 12.8 Å². The molecule has 0 amide bonds. The molecule has 0 unspecified atom stereocenters. The van der Waals surface area contributed by atoms with Crippen molar-refractivity contribution in [3.63, 3.8) is 0 Å². The monoisotopic (exact) mass is 226 g/mol. The topological polar surface area (TPSA) is 45.2 Å². The molecule has 0 bridgehead atoms. The number of aromatic nitrogens is 1. The van der Waals surface area contributed by atoms with E-state index in [0.717, 1.165) is 25.1 Å². The van der Waals surface area contributed by atoms with E-state index >= 15 is 0 Å². The molecule has 1 fully saturated rings. The van der Waals surface area contributed by atoms with Crippen LogP contribution in [0.2, 0.25) is 0 Å². The van der Waals surface area contributed by atoms with Gasteiger partial charge in [0.15, 0.2) is 0 Å². The number of nitrogens with zero attached hydrogens (tertiary/aromatic N) is 1. The van der Waals surface area contributed by atoms with Crippen molar-refractivity contribution < 1.29 is 5.11 Å². The van der Waals surface area contributed by atoms with Crippen LogP contribution in [0.15, 0.2) is 5.51 Å². The highest BCUT2D eigenvalue weighted by molar-refractivity contribution is 7.09. The molecule has 1 aliphatic rings. The Kier molecular flexibility index (Phi) is 3.72. The lowest BCUT2D eigenvalue weighted by atomic mass is 9.92. The number of hydrogen-bond acceptors (Lipinski definition) is 4. The first-order valence-electron chi connectivity index (χ1n) is 5.58. The molecule has 0 spiro atoms. The van der Waals surface area contributed by atoms with Crippen LogP contribution in [0.1, 0.15) is 36.3 Å². The van der Waals surface area contributed by atoms with E-state index in [9.17, 15) is 5.11 Å². The number of thiazole rings is 1. The van der Waals surface area contributed by atoms with Crippen molar-refractivity contribution in [3.8, 4) is 0 Å². The smallest absolute Gasteiger partial charge is 0.0798 e. The normalized spacial score (nSPS) is 26.8. The molecule has 1 saturated carbocycles. The van der Waals surface area contributed by atoms with E-state index < -0.39 is 0 Å². The first kappa shape index (κ1) is 11.0. The fraction of sp³-hybridized carbons (Fsp3) is 0.727. The Balaban J connectivity index is 1.84. The van der Waals surface area contributed by atoms with Gasteiger partial charge in [-0.25, -0.2) is 4.98 Å². The number of nitrogens with one attached hydrogen (secondary N) is 1. The van der Waals surface area contributed by atoms with E-state index in [1.165, 1.54) is 17.7 Å². The van der Waals surface area contributed by atoms with Gasteiger partial charge in [-0.3, -0.25) is 0 Å². The minimum Gasteiger partial charge on any atom is -0.392 e.